The second-order valence-corrected chi connectivity index (χ2v) is 7.69. The van der Waals surface area contributed by atoms with E-state index >= 15 is 0 Å². The topological polar surface area (TPSA) is 90.8 Å². The van der Waals surface area contributed by atoms with Gasteiger partial charge >= 0.3 is 0 Å². The average molecular weight is 380 g/mol. The van der Waals surface area contributed by atoms with Gasteiger partial charge in [-0.2, -0.15) is 0 Å². The highest BCUT2D eigenvalue weighted by molar-refractivity contribution is 7.93. The lowest BCUT2D eigenvalue weighted by Crippen LogP contribution is -2.42. The Balaban J connectivity index is 5.23. The number of sulfonamides is 1. The number of hydrogen-bond acceptors (Lipinski definition) is 5. The van der Waals surface area contributed by atoms with Crippen molar-refractivity contribution in [1.82, 2.24) is 10.0 Å². The first-order valence-electron chi connectivity index (χ1n) is 7.98. The first-order chi connectivity index (χ1) is 12.0. The molecule has 26 heavy (non-hydrogen) atoms. The number of rotatable bonds is 11. The summed E-state index contributed by atoms with van der Waals surface area (Å²) in [7, 11) is -3.80. The highest BCUT2D eigenvalue weighted by atomic mass is 32.2. The van der Waals surface area contributed by atoms with Crippen LogP contribution in [-0.4, -0.2) is 31.9 Å². The Morgan fingerprint density at radius 3 is 2.35 bits per heavy atom. The molecular formula is C19H29N3O3S. The van der Waals surface area contributed by atoms with E-state index in [1.165, 1.54) is 24.4 Å². The van der Waals surface area contributed by atoms with E-state index in [0.29, 0.717) is 11.3 Å². The summed E-state index contributed by atoms with van der Waals surface area (Å²) in [6.07, 6.45) is 9.02. The largest absolute Gasteiger partial charge is 0.394 e. The van der Waals surface area contributed by atoms with E-state index in [0.717, 1.165) is 0 Å². The predicted molar refractivity (Wildman–Crippen MR) is 110 cm³/mol. The molecule has 0 aromatic heterocycles. The maximum Gasteiger partial charge on any atom is 0.263 e. The SMILES string of the molecule is C=C/C=C(\C=C/C)S(=O)(=O)NC(=C)/N=C\C(=C/C)C(=C)NC(C)(C)CO. The van der Waals surface area contributed by atoms with Gasteiger partial charge in [0.2, 0.25) is 0 Å². The fraction of sp³-hybridized carbons (Fsp3) is 0.316. The standard InChI is InChI=1S/C19H29N3O3S/c1-8-11-18(12-9-2)26(24,25)22-16(5)20-13-17(10-3)15(4)21-19(6,7)14-23/h8-13,21-23H,1,4-5,14H2,2-3,6-7H3/b12-9-,17-10+,18-11+,20-13-. The average Bonchev–Trinajstić information content (AvgIpc) is 2.54. The minimum Gasteiger partial charge on any atom is -0.394 e. The van der Waals surface area contributed by atoms with Gasteiger partial charge < -0.3 is 10.4 Å². The highest BCUT2D eigenvalue weighted by Crippen LogP contribution is 2.11. The van der Waals surface area contributed by atoms with Crippen molar-refractivity contribution in [1.29, 1.82) is 0 Å². The van der Waals surface area contributed by atoms with Gasteiger partial charge in [0.1, 0.15) is 5.82 Å². The van der Waals surface area contributed by atoms with Crippen molar-refractivity contribution in [2.75, 3.05) is 6.61 Å². The minimum atomic E-state index is -3.80. The van der Waals surface area contributed by atoms with E-state index in [1.807, 2.05) is 13.8 Å². The van der Waals surface area contributed by atoms with Gasteiger partial charge in [0.05, 0.1) is 17.1 Å². The quantitative estimate of drug-likeness (QED) is 0.380. The number of nitrogens with one attached hydrogen (secondary N) is 2. The molecule has 0 aliphatic carbocycles. The van der Waals surface area contributed by atoms with Gasteiger partial charge in [-0.1, -0.05) is 38.0 Å². The molecular weight excluding hydrogens is 350 g/mol. The molecule has 0 rings (SSSR count). The van der Waals surface area contributed by atoms with Crippen LogP contribution < -0.4 is 10.0 Å². The Kier molecular flexibility index (Phi) is 9.61. The minimum absolute atomic E-state index is 0.0435. The summed E-state index contributed by atoms with van der Waals surface area (Å²) < 4.78 is 26.9. The molecule has 0 unspecified atom stereocenters. The summed E-state index contributed by atoms with van der Waals surface area (Å²) in [6.45, 7) is 18.1. The van der Waals surface area contributed by atoms with Crippen LogP contribution in [0.25, 0.3) is 0 Å². The molecule has 0 aliphatic heterocycles. The molecule has 0 radical (unpaired) electrons. The molecule has 0 spiro atoms. The summed E-state index contributed by atoms with van der Waals surface area (Å²) in [4.78, 5) is 4.09. The van der Waals surface area contributed by atoms with Gasteiger partial charge in [0.25, 0.3) is 10.0 Å². The summed E-state index contributed by atoms with van der Waals surface area (Å²) in [6, 6.07) is 0. The molecule has 0 aromatic carbocycles. The Morgan fingerprint density at radius 1 is 1.27 bits per heavy atom. The first-order valence-corrected chi connectivity index (χ1v) is 9.47. The Labute approximate surface area is 157 Å². The Bertz CT molecular complexity index is 755. The van der Waals surface area contributed by atoms with Crippen LogP contribution in [0.1, 0.15) is 27.7 Å². The zero-order valence-corrected chi connectivity index (χ0v) is 16.7. The predicted octanol–water partition coefficient (Wildman–Crippen LogP) is 2.91. The molecule has 3 N–H and O–H groups in total. The summed E-state index contributed by atoms with van der Waals surface area (Å²) >= 11 is 0. The fourth-order valence-electron chi connectivity index (χ4n) is 1.75. The molecule has 0 amide bonds. The van der Waals surface area contributed by atoms with Crippen LogP contribution in [0.4, 0.5) is 0 Å². The second-order valence-electron chi connectivity index (χ2n) is 6.00. The Hall–Kier alpha value is -2.38. The molecule has 0 heterocycles. The van der Waals surface area contributed by atoms with Gasteiger partial charge in [0, 0.05) is 17.5 Å². The van der Waals surface area contributed by atoms with E-state index in [2.05, 4.69) is 34.8 Å². The summed E-state index contributed by atoms with van der Waals surface area (Å²) in [5.41, 5.74) is 0.642. The third-order valence-corrected chi connectivity index (χ3v) is 4.48. The number of aliphatic hydroxyl groups is 1. The monoisotopic (exact) mass is 379 g/mol. The van der Waals surface area contributed by atoms with E-state index in [9.17, 15) is 13.5 Å². The van der Waals surface area contributed by atoms with Crippen molar-refractivity contribution < 1.29 is 13.5 Å². The maximum absolute atomic E-state index is 12.3. The van der Waals surface area contributed by atoms with Crippen LogP contribution in [0.2, 0.25) is 0 Å². The number of aliphatic imine (C=N–C) groups is 1. The van der Waals surface area contributed by atoms with Crippen LogP contribution in [0.5, 0.6) is 0 Å². The third kappa shape index (κ3) is 8.13. The van der Waals surface area contributed by atoms with Crippen molar-refractivity contribution in [3.63, 3.8) is 0 Å². The number of hydrogen-bond donors (Lipinski definition) is 3. The third-order valence-electron chi connectivity index (χ3n) is 3.08. The van der Waals surface area contributed by atoms with Gasteiger partial charge in [-0.05, 0) is 39.8 Å². The molecule has 7 heteroatoms. The molecule has 144 valence electrons. The lowest BCUT2D eigenvalue weighted by Gasteiger charge is -2.26. The molecule has 0 bridgehead atoms. The maximum atomic E-state index is 12.3. The molecule has 6 nitrogen and oxygen atoms in total. The van der Waals surface area contributed by atoms with E-state index in [1.54, 1.807) is 26.0 Å². The zero-order chi connectivity index (χ0) is 20.4. The van der Waals surface area contributed by atoms with Crippen molar-refractivity contribution >= 4 is 16.2 Å². The van der Waals surface area contributed by atoms with Crippen molar-refractivity contribution in [2.45, 2.75) is 33.2 Å². The van der Waals surface area contributed by atoms with Gasteiger partial charge in [-0.15, -0.1) is 0 Å². The van der Waals surface area contributed by atoms with E-state index < -0.39 is 15.6 Å². The Morgan fingerprint density at radius 2 is 1.88 bits per heavy atom. The van der Waals surface area contributed by atoms with Crippen molar-refractivity contribution in [2.24, 2.45) is 4.99 Å². The molecule has 0 saturated carbocycles. The zero-order valence-electron chi connectivity index (χ0n) is 15.9. The summed E-state index contributed by atoms with van der Waals surface area (Å²) in [5, 5.41) is 12.4. The highest BCUT2D eigenvalue weighted by Gasteiger charge is 2.17. The molecule has 0 fully saturated rings. The van der Waals surface area contributed by atoms with Crippen LogP contribution in [0, 0.1) is 0 Å². The molecule has 0 saturated heterocycles. The summed E-state index contributed by atoms with van der Waals surface area (Å²) in [5.74, 6) is -0.0435. The van der Waals surface area contributed by atoms with Crippen LogP contribution >= 0.6 is 0 Å². The fourth-order valence-corrected chi connectivity index (χ4v) is 2.82. The van der Waals surface area contributed by atoms with Crippen LogP contribution in [-0.2, 0) is 10.0 Å². The van der Waals surface area contributed by atoms with Crippen molar-refractivity contribution in [3.05, 3.63) is 72.1 Å². The van der Waals surface area contributed by atoms with Crippen LogP contribution in [0.15, 0.2) is 77.1 Å². The second kappa shape index (κ2) is 10.6. The number of aliphatic hydroxyl groups excluding tert-OH is 1. The van der Waals surface area contributed by atoms with Gasteiger partial charge in [0.15, 0.2) is 0 Å². The lowest BCUT2D eigenvalue weighted by atomic mass is 10.1. The molecule has 0 aliphatic rings. The van der Waals surface area contributed by atoms with Crippen LogP contribution in [0.3, 0.4) is 0 Å². The van der Waals surface area contributed by atoms with E-state index in [4.69, 9.17) is 0 Å². The number of allylic oxidation sites excluding steroid dienone is 6. The molecule has 0 aromatic rings. The number of nitrogens with zero attached hydrogens (tertiary/aromatic N) is 1. The smallest absolute Gasteiger partial charge is 0.263 e. The van der Waals surface area contributed by atoms with E-state index in [-0.39, 0.29) is 17.3 Å². The normalized spacial score (nSPS) is 13.9. The van der Waals surface area contributed by atoms with Gasteiger partial charge in [-0.25, -0.2) is 13.4 Å². The lowest BCUT2D eigenvalue weighted by molar-refractivity contribution is 0.199. The van der Waals surface area contributed by atoms with Gasteiger partial charge in [-0.3, -0.25) is 4.72 Å². The van der Waals surface area contributed by atoms with Crippen molar-refractivity contribution in [3.8, 4) is 0 Å². The molecule has 0 atom stereocenters. The first kappa shape index (κ1) is 23.6.